The van der Waals surface area contributed by atoms with Gasteiger partial charge in [0, 0.05) is 18.4 Å². The maximum Gasteiger partial charge on any atom is 0.227 e. The summed E-state index contributed by atoms with van der Waals surface area (Å²) in [5, 5.41) is 15.3. The molecule has 1 amide bonds. The van der Waals surface area contributed by atoms with Crippen molar-refractivity contribution < 1.29 is 13.7 Å². The molecule has 124 valence electrons. The topological polar surface area (TPSA) is 93.8 Å². The van der Waals surface area contributed by atoms with Crippen molar-refractivity contribution in [1.29, 1.82) is 0 Å². The minimum atomic E-state index is -0.328. The lowest BCUT2D eigenvalue weighted by Gasteiger charge is -1.98. The Morgan fingerprint density at radius 1 is 1.33 bits per heavy atom. The van der Waals surface area contributed by atoms with Crippen LogP contribution in [0.4, 0.5) is 9.52 Å². The van der Waals surface area contributed by atoms with Crippen molar-refractivity contribution in [1.82, 2.24) is 20.3 Å². The number of nitrogens with one attached hydrogen (secondary N) is 1. The van der Waals surface area contributed by atoms with E-state index in [1.807, 2.05) is 0 Å². The van der Waals surface area contributed by atoms with Crippen LogP contribution in [0.5, 0.6) is 0 Å². The average molecular weight is 347 g/mol. The Labute approximate surface area is 140 Å². The van der Waals surface area contributed by atoms with E-state index in [0.717, 1.165) is 5.01 Å². The molecule has 2 heterocycles. The smallest absolute Gasteiger partial charge is 0.227 e. The van der Waals surface area contributed by atoms with Crippen molar-refractivity contribution in [2.45, 2.75) is 26.7 Å². The van der Waals surface area contributed by atoms with Crippen molar-refractivity contribution >= 4 is 22.4 Å². The second-order valence-corrected chi connectivity index (χ2v) is 6.33. The Morgan fingerprint density at radius 3 is 2.88 bits per heavy atom. The molecule has 0 saturated heterocycles. The minimum Gasteiger partial charge on any atom is -0.339 e. The van der Waals surface area contributed by atoms with Crippen LogP contribution in [0.3, 0.4) is 0 Å². The number of hydrogen-bond acceptors (Lipinski definition) is 7. The zero-order valence-electron chi connectivity index (χ0n) is 13.0. The van der Waals surface area contributed by atoms with E-state index in [1.165, 1.54) is 17.4 Å². The number of amides is 1. The highest BCUT2D eigenvalue weighted by atomic mass is 32.1. The van der Waals surface area contributed by atoms with Crippen LogP contribution in [0, 0.1) is 19.7 Å². The number of carbonyl (C=O) groups excluding carboxylic acids is 1. The predicted octanol–water partition coefficient (Wildman–Crippen LogP) is 2.92. The zero-order chi connectivity index (χ0) is 17.1. The summed E-state index contributed by atoms with van der Waals surface area (Å²) in [6.07, 6.45) is 0.452. The summed E-state index contributed by atoms with van der Waals surface area (Å²) in [4.78, 5) is 16.0. The Kier molecular flexibility index (Phi) is 4.61. The average Bonchev–Trinajstić information content (AvgIpc) is 3.17. The van der Waals surface area contributed by atoms with Gasteiger partial charge in [-0.1, -0.05) is 28.6 Å². The summed E-state index contributed by atoms with van der Waals surface area (Å²) in [5.74, 6) is 0.0662. The van der Waals surface area contributed by atoms with Crippen LogP contribution < -0.4 is 5.32 Å². The summed E-state index contributed by atoms with van der Waals surface area (Å²) in [6.45, 7) is 3.49. The van der Waals surface area contributed by atoms with E-state index in [9.17, 15) is 9.18 Å². The zero-order valence-corrected chi connectivity index (χ0v) is 13.9. The van der Waals surface area contributed by atoms with Gasteiger partial charge in [0.25, 0.3) is 0 Å². The molecule has 3 aromatic rings. The highest BCUT2D eigenvalue weighted by molar-refractivity contribution is 7.15. The van der Waals surface area contributed by atoms with Crippen molar-refractivity contribution in [2.24, 2.45) is 0 Å². The van der Waals surface area contributed by atoms with Gasteiger partial charge in [-0.05, 0) is 25.5 Å². The van der Waals surface area contributed by atoms with E-state index < -0.39 is 0 Å². The van der Waals surface area contributed by atoms with Crippen LogP contribution in [0.2, 0.25) is 0 Å². The van der Waals surface area contributed by atoms with Crippen LogP contribution in [-0.4, -0.2) is 26.2 Å². The molecule has 3 rings (SSSR count). The molecule has 2 aromatic heterocycles. The number of benzene rings is 1. The fraction of sp³-hybridized carbons (Fsp3) is 0.267. The van der Waals surface area contributed by atoms with Gasteiger partial charge in [0.05, 0.1) is 0 Å². The molecule has 1 aromatic carbocycles. The maximum atomic E-state index is 13.6. The van der Waals surface area contributed by atoms with Crippen LogP contribution in [0.15, 0.2) is 22.7 Å². The third-order valence-electron chi connectivity index (χ3n) is 3.24. The molecule has 0 radical (unpaired) electrons. The second kappa shape index (κ2) is 6.83. The molecular weight excluding hydrogens is 333 g/mol. The molecule has 24 heavy (non-hydrogen) atoms. The van der Waals surface area contributed by atoms with Gasteiger partial charge in [0.1, 0.15) is 10.8 Å². The lowest BCUT2D eigenvalue weighted by molar-refractivity contribution is -0.116. The lowest BCUT2D eigenvalue weighted by Crippen LogP contribution is -2.12. The molecule has 0 fully saturated rings. The Morgan fingerprint density at radius 2 is 2.17 bits per heavy atom. The maximum absolute atomic E-state index is 13.6. The van der Waals surface area contributed by atoms with Gasteiger partial charge in [-0.2, -0.15) is 4.98 Å². The van der Waals surface area contributed by atoms with Gasteiger partial charge in [-0.15, -0.1) is 10.2 Å². The Bertz CT molecular complexity index is 876. The van der Waals surface area contributed by atoms with Crippen molar-refractivity contribution in [3.8, 4) is 11.4 Å². The summed E-state index contributed by atoms with van der Waals surface area (Å²) in [5.41, 5.74) is 1.08. The van der Waals surface area contributed by atoms with Gasteiger partial charge in [-0.3, -0.25) is 4.79 Å². The monoisotopic (exact) mass is 347 g/mol. The molecule has 0 spiro atoms. The minimum absolute atomic E-state index is 0.169. The molecule has 0 aliphatic rings. The third kappa shape index (κ3) is 3.80. The SMILES string of the molecule is Cc1nnc(NC(=O)CCc2nc(-c3ccc(C)c(F)c3)no2)s1. The van der Waals surface area contributed by atoms with Crippen LogP contribution in [0.25, 0.3) is 11.4 Å². The molecule has 9 heteroatoms. The molecular formula is C15H14FN5O2S. The standard InChI is InChI=1S/C15H14FN5O2S/c1-8-3-4-10(7-11(8)16)14-18-13(23-21-14)6-5-12(22)17-15-20-19-9(2)24-15/h3-4,7H,5-6H2,1-2H3,(H,17,20,22). The summed E-state index contributed by atoms with van der Waals surface area (Å²) < 4.78 is 18.7. The number of carbonyl (C=O) groups is 1. The van der Waals surface area contributed by atoms with Crippen molar-refractivity contribution in [2.75, 3.05) is 5.32 Å². The second-order valence-electron chi connectivity index (χ2n) is 5.15. The molecule has 0 bridgehead atoms. The number of hydrogen-bond donors (Lipinski definition) is 1. The number of halogens is 1. The first-order valence-corrected chi connectivity index (χ1v) is 8.02. The van der Waals surface area contributed by atoms with E-state index >= 15 is 0 Å². The number of rotatable bonds is 5. The quantitative estimate of drug-likeness (QED) is 0.763. The van der Waals surface area contributed by atoms with Gasteiger partial charge in [0.2, 0.25) is 22.8 Å². The normalized spacial score (nSPS) is 10.8. The summed E-state index contributed by atoms with van der Waals surface area (Å²) in [7, 11) is 0. The summed E-state index contributed by atoms with van der Waals surface area (Å²) in [6, 6.07) is 4.73. The van der Waals surface area contributed by atoms with E-state index in [1.54, 1.807) is 26.0 Å². The van der Waals surface area contributed by atoms with Crippen molar-refractivity contribution in [3.63, 3.8) is 0 Å². The van der Waals surface area contributed by atoms with Gasteiger partial charge >= 0.3 is 0 Å². The first-order chi connectivity index (χ1) is 11.5. The van der Waals surface area contributed by atoms with Crippen LogP contribution in [-0.2, 0) is 11.2 Å². The summed E-state index contributed by atoms with van der Waals surface area (Å²) >= 11 is 1.30. The molecule has 7 nitrogen and oxygen atoms in total. The van der Waals surface area contributed by atoms with E-state index in [-0.39, 0.29) is 24.6 Å². The van der Waals surface area contributed by atoms with E-state index in [4.69, 9.17) is 4.52 Å². The first kappa shape index (κ1) is 16.2. The van der Waals surface area contributed by atoms with E-state index in [2.05, 4.69) is 25.7 Å². The molecule has 0 atom stereocenters. The van der Waals surface area contributed by atoms with E-state index in [0.29, 0.717) is 28.0 Å². The third-order valence-corrected chi connectivity index (χ3v) is 3.99. The number of aromatic nitrogens is 4. The molecule has 0 aliphatic carbocycles. The first-order valence-electron chi connectivity index (χ1n) is 7.20. The van der Waals surface area contributed by atoms with Crippen LogP contribution in [0.1, 0.15) is 22.9 Å². The molecule has 0 unspecified atom stereocenters. The molecule has 0 saturated carbocycles. The highest BCUT2D eigenvalue weighted by Crippen LogP contribution is 2.19. The van der Waals surface area contributed by atoms with Gasteiger partial charge < -0.3 is 9.84 Å². The number of aryl methyl sites for hydroxylation is 3. The Balaban J connectivity index is 1.59. The largest absolute Gasteiger partial charge is 0.339 e. The number of nitrogens with zero attached hydrogens (tertiary/aromatic N) is 4. The van der Waals surface area contributed by atoms with Crippen molar-refractivity contribution in [3.05, 3.63) is 40.5 Å². The lowest BCUT2D eigenvalue weighted by atomic mass is 10.1. The predicted molar refractivity (Wildman–Crippen MR) is 86.0 cm³/mol. The fourth-order valence-electron chi connectivity index (χ4n) is 1.95. The number of anilines is 1. The van der Waals surface area contributed by atoms with Gasteiger partial charge in [-0.25, -0.2) is 4.39 Å². The fourth-order valence-corrected chi connectivity index (χ4v) is 2.56. The highest BCUT2D eigenvalue weighted by Gasteiger charge is 2.13. The molecule has 0 aliphatic heterocycles. The molecule has 1 N–H and O–H groups in total. The van der Waals surface area contributed by atoms with Gasteiger partial charge in [0.15, 0.2) is 0 Å². The van der Waals surface area contributed by atoms with Crippen LogP contribution >= 0.6 is 11.3 Å². The Hall–Kier alpha value is -2.68.